The van der Waals surface area contributed by atoms with Crippen LogP contribution < -0.4 is 10.6 Å². The molecule has 3 rings (SSSR count). The fourth-order valence-corrected chi connectivity index (χ4v) is 2.58. The Bertz CT molecular complexity index is 986. The number of aromatic nitrogens is 1. The third-order valence-electron chi connectivity index (χ3n) is 3.89. The lowest BCUT2D eigenvalue weighted by molar-refractivity contribution is 0.0601. The largest absolute Gasteiger partial charge is 0.465 e. The number of methoxy groups -OCH3 is 1. The minimum absolute atomic E-state index is 0.243. The summed E-state index contributed by atoms with van der Waals surface area (Å²) in [5.41, 5.74) is 3.17. The fraction of sp³-hybridized carbons (Fsp3) is 0.0952. The van der Waals surface area contributed by atoms with E-state index in [0.29, 0.717) is 22.6 Å². The Kier molecular flexibility index (Phi) is 5.47. The van der Waals surface area contributed by atoms with Crippen LogP contribution in [0.1, 0.15) is 26.3 Å². The number of carbonyl (C=O) groups excluding carboxylic acids is 2. The van der Waals surface area contributed by atoms with Crippen molar-refractivity contribution in [2.24, 2.45) is 0 Å². The third-order valence-corrected chi connectivity index (χ3v) is 3.89. The summed E-state index contributed by atoms with van der Waals surface area (Å²) in [4.78, 5) is 28.6. The van der Waals surface area contributed by atoms with E-state index in [9.17, 15) is 9.59 Å². The monoisotopic (exact) mass is 361 g/mol. The highest BCUT2D eigenvalue weighted by molar-refractivity contribution is 6.04. The summed E-state index contributed by atoms with van der Waals surface area (Å²) in [6.45, 7) is 1.96. The molecule has 1 aromatic heterocycles. The normalized spacial score (nSPS) is 10.1. The Labute approximate surface area is 157 Å². The number of aryl methyl sites for hydroxylation is 1. The van der Waals surface area contributed by atoms with Crippen molar-refractivity contribution >= 4 is 29.1 Å². The molecular weight excluding hydrogens is 342 g/mol. The van der Waals surface area contributed by atoms with Gasteiger partial charge in [0, 0.05) is 17.4 Å². The Balaban J connectivity index is 1.80. The van der Waals surface area contributed by atoms with E-state index in [4.69, 9.17) is 4.74 Å². The Morgan fingerprint density at radius 3 is 2.59 bits per heavy atom. The Hall–Kier alpha value is -3.67. The number of rotatable bonds is 5. The first-order valence-electron chi connectivity index (χ1n) is 8.35. The van der Waals surface area contributed by atoms with Gasteiger partial charge in [-0.15, -0.1) is 0 Å². The summed E-state index contributed by atoms with van der Waals surface area (Å²) in [7, 11) is 1.33. The van der Waals surface area contributed by atoms with Crippen molar-refractivity contribution in [3.63, 3.8) is 0 Å². The van der Waals surface area contributed by atoms with Gasteiger partial charge in [-0.2, -0.15) is 0 Å². The average molecular weight is 361 g/mol. The maximum atomic E-state index is 12.5. The van der Waals surface area contributed by atoms with E-state index in [1.165, 1.54) is 13.3 Å². The van der Waals surface area contributed by atoms with Gasteiger partial charge in [0.15, 0.2) is 0 Å². The summed E-state index contributed by atoms with van der Waals surface area (Å²) < 4.78 is 4.79. The molecule has 0 atom stereocenters. The number of benzene rings is 2. The van der Waals surface area contributed by atoms with Gasteiger partial charge in [0.05, 0.1) is 18.4 Å². The predicted octanol–water partition coefficient (Wildman–Crippen LogP) is 4.17. The number of pyridine rings is 1. The second-order valence-electron chi connectivity index (χ2n) is 5.92. The molecule has 0 aliphatic heterocycles. The van der Waals surface area contributed by atoms with Crippen LogP contribution in [0.4, 0.5) is 17.2 Å². The number of para-hydroxylation sites is 1. The van der Waals surface area contributed by atoms with Crippen LogP contribution in [-0.2, 0) is 4.74 Å². The summed E-state index contributed by atoms with van der Waals surface area (Å²) >= 11 is 0. The van der Waals surface area contributed by atoms with E-state index in [2.05, 4.69) is 15.6 Å². The maximum absolute atomic E-state index is 12.5. The standard InChI is InChI=1S/C21H19N3O3/c1-14-6-5-7-16(12-14)23-20(25)15-10-11-22-19(13-15)24-18-9-4-3-8-17(18)21(26)27-2/h3-13H,1-2H3,(H,22,24)(H,23,25). The zero-order valence-corrected chi connectivity index (χ0v) is 15.0. The van der Waals surface area contributed by atoms with Crippen molar-refractivity contribution in [1.82, 2.24) is 4.98 Å². The Morgan fingerprint density at radius 2 is 1.81 bits per heavy atom. The molecule has 0 saturated carbocycles. The van der Waals surface area contributed by atoms with Crippen LogP contribution in [0.25, 0.3) is 0 Å². The lowest BCUT2D eigenvalue weighted by atomic mass is 10.1. The molecule has 6 heteroatoms. The minimum atomic E-state index is -0.452. The quantitative estimate of drug-likeness (QED) is 0.667. The number of anilines is 3. The third kappa shape index (κ3) is 4.49. The van der Waals surface area contributed by atoms with Gasteiger partial charge >= 0.3 is 5.97 Å². The van der Waals surface area contributed by atoms with Gasteiger partial charge in [-0.25, -0.2) is 9.78 Å². The van der Waals surface area contributed by atoms with Crippen LogP contribution in [0, 0.1) is 6.92 Å². The first-order valence-corrected chi connectivity index (χ1v) is 8.35. The number of nitrogens with zero attached hydrogens (tertiary/aromatic N) is 1. The van der Waals surface area contributed by atoms with Crippen molar-refractivity contribution in [2.45, 2.75) is 6.92 Å². The first-order chi connectivity index (χ1) is 13.1. The number of esters is 1. The van der Waals surface area contributed by atoms with Gasteiger partial charge in [0.1, 0.15) is 5.82 Å². The van der Waals surface area contributed by atoms with Crippen LogP contribution in [0.3, 0.4) is 0 Å². The zero-order valence-electron chi connectivity index (χ0n) is 15.0. The van der Waals surface area contributed by atoms with Gasteiger partial charge in [0.2, 0.25) is 0 Å². The van der Waals surface area contributed by atoms with Crippen LogP contribution in [-0.4, -0.2) is 24.0 Å². The topological polar surface area (TPSA) is 80.3 Å². The maximum Gasteiger partial charge on any atom is 0.339 e. The number of amides is 1. The molecule has 27 heavy (non-hydrogen) atoms. The summed E-state index contributed by atoms with van der Waals surface area (Å²) in [5.74, 6) is -0.248. The SMILES string of the molecule is COC(=O)c1ccccc1Nc1cc(C(=O)Nc2cccc(C)c2)ccn1. The molecule has 6 nitrogen and oxygen atoms in total. The Morgan fingerprint density at radius 1 is 1.00 bits per heavy atom. The molecule has 0 aliphatic rings. The molecule has 2 N–H and O–H groups in total. The van der Waals surface area contributed by atoms with Crippen LogP contribution in [0.5, 0.6) is 0 Å². The number of carbonyl (C=O) groups is 2. The van der Waals surface area contributed by atoms with E-state index >= 15 is 0 Å². The van der Waals surface area contributed by atoms with Gasteiger partial charge in [0.25, 0.3) is 5.91 Å². The van der Waals surface area contributed by atoms with Gasteiger partial charge in [-0.05, 0) is 48.9 Å². The summed E-state index contributed by atoms with van der Waals surface area (Å²) in [5, 5.41) is 5.92. The van der Waals surface area contributed by atoms with Gasteiger partial charge in [-0.1, -0.05) is 24.3 Å². The fourth-order valence-electron chi connectivity index (χ4n) is 2.58. The number of nitrogens with one attached hydrogen (secondary N) is 2. The summed E-state index contributed by atoms with van der Waals surface area (Å²) in [6, 6.07) is 17.8. The molecular formula is C21H19N3O3. The minimum Gasteiger partial charge on any atom is -0.465 e. The molecule has 3 aromatic rings. The molecule has 0 saturated heterocycles. The molecule has 0 bridgehead atoms. The van der Waals surface area contributed by atoms with Crippen LogP contribution in [0.2, 0.25) is 0 Å². The van der Waals surface area contributed by atoms with Gasteiger partial charge in [-0.3, -0.25) is 4.79 Å². The molecule has 0 unspecified atom stereocenters. The lowest BCUT2D eigenvalue weighted by Gasteiger charge is -2.11. The smallest absolute Gasteiger partial charge is 0.339 e. The lowest BCUT2D eigenvalue weighted by Crippen LogP contribution is -2.12. The first kappa shape index (κ1) is 18.1. The molecule has 0 aliphatic carbocycles. The average Bonchev–Trinajstić information content (AvgIpc) is 2.68. The predicted molar refractivity (Wildman–Crippen MR) is 104 cm³/mol. The summed E-state index contributed by atoms with van der Waals surface area (Å²) in [6.07, 6.45) is 1.54. The molecule has 0 radical (unpaired) electrons. The van der Waals surface area contributed by atoms with Crippen LogP contribution >= 0.6 is 0 Å². The van der Waals surface area contributed by atoms with Crippen molar-refractivity contribution in [1.29, 1.82) is 0 Å². The zero-order chi connectivity index (χ0) is 19.2. The molecule has 2 aromatic carbocycles. The molecule has 0 fully saturated rings. The van der Waals surface area contributed by atoms with E-state index < -0.39 is 5.97 Å². The number of hydrogen-bond donors (Lipinski definition) is 2. The van der Waals surface area contributed by atoms with Crippen molar-refractivity contribution in [2.75, 3.05) is 17.7 Å². The highest BCUT2D eigenvalue weighted by Gasteiger charge is 2.13. The highest BCUT2D eigenvalue weighted by Crippen LogP contribution is 2.21. The van der Waals surface area contributed by atoms with Crippen molar-refractivity contribution in [3.05, 3.63) is 83.6 Å². The van der Waals surface area contributed by atoms with Gasteiger partial charge < -0.3 is 15.4 Å². The second kappa shape index (κ2) is 8.14. The second-order valence-corrected chi connectivity index (χ2v) is 5.92. The number of hydrogen-bond acceptors (Lipinski definition) is 5. The molecule has 1 heterocycles. The van der Waals surface area contributed by atoms with E-state index in [1.54, 1.807) is 36.4 Å². The van der Waals surface area contributed by atoms with Crippen LogP contribution in [0.15, 0.2) is 66.9 Å². The molecule has 0 spiro atoms. The van der Waals surface area contributed by atoms with E-state index in [0.717, 1.165) is 11.3 Å². The highest BCUT2D eigenvalue weighted by atomic mass is 16.5. The van der Waals surface area contributed by atoms with E-state index in [1.807, 2.05) is 31.2 Å². The van der Waals surface area contributed by atoms with E-state index in [-0.39, 0.29) is 5.91 Å². The molecule has 1 amide bonds. The number of ether oxygens (including phenoxy) is 1. The molecule has 136 valence electrons. The van der Waals surface area contributed by atoms with Crippen molar-refractivity contribution < 1.29 is 14.3 Å². The van der Waals surface area contributed by atoms with Crippen molar-refractivity contribution in [3.8, 4) is 0 Å².